The first kappa shape index (κ1) is 9.02. The highest BCUT2D eigenvalue weighted by molar-refractivity contribution is 6.22. The molecule has 8 aromatic carbocycles. The third kappa shape index (κ3) is 4.08. The third-order valence-corrected chi connectivity index (χ3v) is 6.44. The lowest BCUT2D eigenvalue weighted by molar-refractivity contribution is 1.62. The molecule has 0 aromatic heterocycles. The van der Waals surface area contributed by atoms with Crippen LogP contribution in [0, 0.1) is 0 Å². The SMILES string of the molecule is [2H]c1c([2H])c([2H])c(-c2c([2H])c([2H])c3c(-c4c([2H])c([2H])c(-c5c([2H])c([2H])c([2H])c6c([2H])c([2H])c([2H])c([2H])c56)c([2H])c4[2H])c4c([2H])c([2H])c([2H])c([2H])c4c(-c4c([2H])c([2H])c([2H])c([2H])c4[2H])c3c2[2H])c([2H])c1[2H]. The molecule has 0 heterocycles. The molecule has 8 aromatic rings. The minimum absolute atomic E-state index is 0.598. The van der Waals surface area contributed by atoms with Crippen LogP contribution in [0.25, 0.3) is 76.8 Å². The fourth-order valence-electron chi connectivity index (χ4n) is 4.66. The lowest BCUT2D eigenvalue weighted by atomic mass is 9.84. The van der Waals surface area contributed by atoms with Crippen LogP contribution in [0.2, 0.25) is 0 Å². The molecule has 0 aliphatic heterocycles. The van der Waals surface area contributed by atoms with Crippen molar-refractivity contribution in [2.45, 2.75) is 0 Å². The van der Waals surface area contributed by atoms with Gasteiger partial charge in [-0.3, -0.25) is 0 Å². The van der Waals surface area contributed by atoms with E-state index in [1.165, 1.54) is 0 Å². The summed E-state index contributed by atoms with van der Waals surface area (Å²) in [4.78, 5) is 0. The Labute approximate surface area is 285 Å². The van der Waals surface area contributed by atoms with Gasteiger partial charge >= 0.3 is 0 Å². The van der Waals surface area contributed by atoms with Crippen molar-refractivity contribution in [3.8, 4) is 44.5 Å². The molecule has 0 spiro atoms. The average Bonchev–Trinajstić information content (AvgIpc) is 3.32. The van der Waals surface area contributed by atoms with E-state index in [0.29, 0.717) is 0 Å². The number of benzene rings is 8. The van der Waals surface area contributed by atoms with Crippen molar-refractivity contribution < 1.29 is 38.4 Å². The number of hydrogen-bond acceptors (Lipinski definition) is 0. The number of fused-ring (bicyclic) bond motifs is 3. The molecule has 8 rings (SSSR count). The van der Waals surface area contributed by atoms with Crippen molar-refractivity contribution in [1.82, 2.24) is 0 Å². The zero-order chi connectivity index (χ0) is 52.2. The van der Waals surface area contributed by atoms with Crippen molar-refractivity contribution >= 4 is 32.3 Å². The topological polar surface area (TPSA) is 0 Å². The van der Waals surface area contributed by atoms with Gasteiger partial charge in [-0.25, -0.2) is 0 Å². The highest BCUT2D eigenvalue weighted by Gasteiger charge is 2.17. The Kier molecular flexibility index (Phi) is 2.19. The highest BCUT2D eigenvalue weighted by Crippen LogP contribution is 2.45. The smallest absolute Gasteiger partial charge is 0.0622 e. The van der Waals surface area contributed by atoms with E-state index in [9.17, 15) is 12.3 Å². The van der Waals surface area contributed by atoms with Gasteiger partial charge in [0, 0.05) is 0 Å². The van der Waals surface area contributed by atoms with Gasteiger partial charge in [-0.15, -0.1) is 0 Å². The molecule has 0 bridgehead atoms. The van der Waals surface area contributed by atoms with Crippen molar-refractivity contribution in [1.29, 1.82) is 0 Å². The molecule has 0 amide bonds. The summed E-state index contributed by atoms with van der Waals surface area (Å²) in [6.45, 7) is 0. The Morgan fingerprint density at radius 1 is 0.286 bits per heavy atom. The summed E-state index contributed by atoms with van der Waals surface area (Å²) in [5.41, 5.74) is -6.62. The van der Waals surface area contributed by atoms with Crippen molar-refractivity contribution in [2.24, 2.45) is 0 Å². The van der Waals surface area contributed by atoms with Crippen LogP contribution in [0.1, 0.15) is 38.4 Å². The Balaban J connectivity index is 1.73. The minimum atomic E-state index is -1.14. The van der Waals surface area contributed by atoms with E-state index in [4.69, 9.17) is 26.0 Å². The Hall–Kier alpha value is -5.46. The van der Waals surface area contributed by atoms with Crippen LogP contribution < -0.4 is 0 Å². The van der Waals surface area contributed by atoms with Gasteiger partial charge in [0.25, 0.3) is 0 Å². The molecule has 0 atom stereocenters. The lowest BCUT2D eigenvalue weighted by Crippen LogP contribution is -1.92. The third-order valence-electron chi connectivity index (χ3n) is 6.44. The van der Waals surface area contributed by atoms with Crippen LogP contribution in [0.4, 0.5) is 0 Å². The van der Waals surface area contributed by atoms with Crippen LogP contribution >= 0.6 is 0 Å². The summed E-state index contributed by atoms with van der Waals surface area (Å²) in [5.74, 6) is 0. The van der Waals surface area contributed by atoms with E-state index in [2.05, 4.69) is 0 Å². The first-order chi connectivity index (χ1) is 32.5. The molecule has 42 heavy (non-hydrogen) atoms. The maximum Gasteiger partial charge on any atom is 0.0636 e. The molecule has 0 radical (unpaired) electrons. The highest BCUT2D eigenvalue weighted by atomic mass is 14.2. The van der Waals surface area contributed by atoms with Gasteiger partial charge in [-0.1, -0.05) is 163 Å². The monoisotopic (exact) mass is 560 g/mol. The first-order valence-corrected chi connectivity index (χ1v) is 12.2. The predicted octanol–water partition coefficient (Wildman–Crippen LogP) is 11.8. The summed E-state index contributed by atoms with van der Waals surface area (Å²) >= 11 is 0. The second kappa shape index (κ2) is 10.2. The quantitative estimate of drug-likeness (QED) is 0.188. The molecule has 0 heteroatoms. The molecular formula is C42H28. The van der Waals surface area contributed by atoms with Crippen molar-refractivity contribution in [2.75, 3.05) is 0 Å². The number of rotatable bonds is 4. The Bertz CT molecular complexity index is 3710. The van der Waals surface area contributed by atoms with E-state index >= 15 is 0 Å². The molecule has 0 nitrogen and oxygen atoms in total. The average molecular weight is 561 g/mol. The van der Waals surface area contributed by atoms with Crippen LogP contribution in [-0.2, 0) is 0 Å². The summed E-state index contributed by atoms with van der Waals surface area (Å²) in [7, 11) is 0. The van der Waals surface area contributed by atoms with Crippen molar-refractivity contribution in [3.05, 3.63) is 169 Å². The molecule has 0 saturated carbocycles. The molecule has 0 aliphatic carbocycles. The fraction of sp³-hybridized carbons (Fsp3) is 0. The summed E-state index contributed by atoms with van der Waals surface area (Å²) < 4.78 is 249. The molecule has 0 fully saturated rings. The largest absolute Gasteiger partial charge is 0.0636 e. The molecule has 0 N–H and O–H groups in total. The first-order valence-electron chi connectivity index (χ1n) is 26.2. The van der Waals surface area contributed by atoms with E-state index in [-0.39, 0.29) is 0 Å². The fourth-order valence-corrected chi connectivity index (χ4v) is 4.66. The van der Waals surface area contributed by atoms with Crippen LogP contribution in [0.3, 0.4) is 0 Å². The minimum Gasteiger partial charge on any atom is -0.0622 e. The van der Waals surface area contributed by atoms with Crippen LogP contribution in [0.15, 0.2) is 169 Å². The van der Waals surface area contributed by atoms with Crippen LogP contribution in [-0.4, -0.2) is 0 Å². The summed E-state index contributed by atoms with van der Waals surface area (Å²) in [5, 5.41) is -4.44. The lowest BCUT2D eigenvalue weighted by Gasteiger charge is -2.19. The summed E-state index contributed by atoms with van der Waals surface area (Å²) in [6, 6.07) is -27.6. The zero-order valence-corrected chi connectivity index (χ0v) is 21.0. The molecule has 0 saturated heterocycles. The van der Waals surface area contributed by atoms with E-state index < -0.39 is 246 Å². The van der Waals surface area contributed by atoms with Gasteiger partial charge in [-0.2, -0.15) is 0 Å². The van der Waals surface area contributed by atoms with Gasteiger partial charge < -0.3 is 0 Å². The number of hydrogen-bond donors (Lipinski definition) is 0. The van der Waals surface area contributed by atoms with E-state index in [1.54, 1.807) is 0 Å². The molecular weight excluding hydrogens is 504 g/mol. The van der Waals surface area contributed by atoms with Gasteiger partial charge in [-0.05, 0) is 82.9 Å². The van der Waals surface area contributed by atoms with Gasteiger partial charge in [0.1, 0.15) is 0 Å². The maximum atomic E-state index is 9.82. The molecule has 0 aliphatic rings. The molecule has 0 unspecified atom stereocenters. The normalized spacial score (nSPS) is 20.7. The van der Waals surface area contributed by atoms with Gasteiger partial charge in [0.2, 0.25) is 0 Å². The van der Waals surface area contributed by atoms with Crippen LogP contribution in [0.5, 0.6) is 0 Å². The van der Waals surface area contributed by atoms with E-state index in [0.717, 1.165) is 0 Å². The summed E-state index contributed by atoms with van der Waals surface area (Å²) in [6.07, 6.45) is 0. The Morgan fingerprint density at radius 2 is 0.762 bits per heavy atom. The second-order valence-corrected chi connectivity index (χ2v) is 8.75. The van der Waals surface area contributed by atoms with Gasteiger partial charge in [0.15, 0.2) is 0 Å². The second-order valence-electron chi connectivity index (χ2n) is 8.75. The van der Waals surface area contributed by atoms with Crippen molar-refractivity contribution in [3.63, 3.8) is 0 Å². The zero-order valence-electron chi connectivity index (χ0n) is 49.0. The van der Waals surface area contributed by atoms with E-state index in [1.807, 2.05) is 0 Å². The standard InChI is InChI=1S/C42H28/c1-3-12-29(13-4-1)34-26-27-39-40(28-34)42(32-15-5-2-6-16-32)38-20-10-9-19-37(38)41(39)33-24-22-31(23-25-33)36-21-11-17-30-14-7-8-18-35(30)36/h1-28H/i1D,2D,3D,4D,5D,6D,7D,8D,9D,10D,11D,12D,13D,14D,15D,16D,17D,18D,19D,20D,21D,22D,23D,24D,25D,26D,27D,28D. The Morgan fingerprint density at radius 3 is 1.48 bits per heavy atom. The predicted molar refractivity (Wildman–Crippen MR) is 181 cm³/mol. The molecule has 196 valence electrons. The maximum absolute atomic E-state index is 9.82. The van der Waals surface area contributed by atoms with Gasteiger partial charge in [0.05, 0.1) is 38.4 Å².